The molecule has 0 spiro atoms. The number of rotatable bonds is 9. The van der Waals surface area contributed by atoms with E-state index in [0.717, 1.165) is 18.4 Å². The molecule has 0 radical (unpaired) electrons. The maximum atomic E-state index is 12.5. The summed E-state index contributed by atoms with van der Waals surface area (Å²) >= 11 is 0. The lowest BCUT2D eigenvalue weighted by Crippen LogP contribution is -2.54. The molecule has 7 heteroatoms. The van der Waals surface area contributed by atoms with Crippen molar-refractivity contribution in [2.75, 3.05) is 0 Å². The van der Waals surface area contributed by atoms with Gasteiger partial charge in [0.15, 0.2) is 0 Å². The molecule has 4 N–H and O–H groups in total. The zero-order valence-corrected chi connectivity index (χ0v) is 15.2. The Kier molecular flexibility index (Phi) is 7.00. The Morgan fingerprint density at radius 2 is 1.81 bits per heavy atom. The second-order valence-corrected chi connectivity index (χ2v) is 7.07. The van der Waals surface area contributed by atoms with Gasteiger partial charge in [-0.1, -0.05) is 57.0 Å². The average molecular weight is 361 g/mol. The topological polar surface area (TPSA) is 111 Å². The molecule has 2 rings (SSSR count). The van der Waals surface area contributed by atoms with E-state index in [1.165, 1.54) is 0 Å². The molecule has 142 valence electrons. The molecule has 0 aromatic heterocycles. The van der Waals surface area contributed by atoms with Crippen LogP contribution < -0.4 is 16.4 Å². The SMILES string of the molecule is CC(C)[C@@H](NC(=O)OCc1ccccc1)C(=O)N[C@@H](CC1CC1)C(N)=O. The van der Waals surface area contributed by atoms with Gasteiger partial charge in [-0.2, -0.15) is 0 Å². The van der Waals surface area contributed by atoms with Crippen molar-refractivity contribution in [1.29, 1.82) is 0 Å². The smallest absolute Gasteiger partial charge is 0.408 e. The van der Waals surface area contributed by atoms with Crippen LogP contribution in [0.25, 0.3) is 0 Å². The van der Waals surface area contributed by atoms with Gasteiger partial charge in [0, 0.05) is 0 Å². The summed E-state index contributed by atoms with van der Waals surface area (Å²) in [6.07, 6.45) is 1.97. The highest BCUT2D eigenvalue weighted by Gasteiger charge is 2.32. The predicted octanol–water partition coefficient (Wildman–Crippen LogP) is 1.71. The molecular weight excluding hydrogens is 334 g/mol. The van der Waals surface area contributed by atoms with Crippen molar-refractivity contribution in [3.8, 4) is 0 Å². The number of alkyl carbamates (subject to hydrolysis) is 1. The van der Waals surface area contributed by atoms with E-state index < -0.39 is 30.0 Å². The first-order chi connectivity index (χ1) is 12.4. The highest BCUT2D eigenvalue weighted by molar-refractivity contribution is 5.90. The van der Waals surface area contributed by atoms with E-state index in [-0.39, 0.29) is 12.5 Å². The predicted molar refractivity (Wildman–Crippen MR) is 96.9 cm³/mol. The molecule has 1 fully saturated rings. The number of benzene rings is 1. The first-order valence-electron chi connectivity index (χ1n) is 8.93. The Balaban J connectivity index is 1.88. The highest BCUT2D eigenvalue weighted by Crippen LogP contribution is 2.33. The van der Waals surface area contributed by atoms with Crippen molar-refractivity contribution in [3.63, 3.8) is 0 Å². The van der Waals surface area contributed by atoms with Crippen molar-refractivity contribution < 1.29 is 19.1 Å². The summed E-state index contributed by atoms with van der Waals surface area (Å²) in [5, 5.41) is 5.24. The molecule has 3 amide bonds. The summed E-state index contributed by atoms with van der Waals surface area (Å²) in [7, 11) is 0. The number of primary amides is 1. The number of ether oxygens (including phenoxy) is 1. The molecule has 0 bridgehead atoms. The Bertz CT molecular complexity index is 629. The number of carbonyl (C=O) groups is 3. The summed E-state index contributed by atoms with van der Waals surface area (Å²) in [5.41, 5.74) is 6.24. The highest BCUT2D eigenvalue weighted by atomic mass is 16.5. The summed E-state index contributed by atoms with van der Waals surface area (Å²) in [4.78, 5) is 36.1. The lowest BCUT2D eigenvalue weighted by molar-refractivity contribution is -0.129. The third-order valence-corrected chi connectivity index (χ3v) is 4.36. The Morgan fingerprint density at radius 1 is 1.15 bits per heavy atom. The van der Waals surface area contributed by atoms with Gasteiger partial charge in [-0.15, -0.1) is 0 Å². The van der Waals surface area contributed by atoms with E-state index in [0.29, 0.717) is 12.3 Å². The molecule has 26 heavy (non-hydrogen) atoms. The third kappa shape index (κ3) is 6.38. The maximum absolute atomic E-state index is 12.5. The first kappa shape index (κ1) is 19.8. The van der Waals surface area contributed by atoms with Crippen LogP contribution in [-0.2, 0) is 20.9 Å². The van der Waals surface area contributed by atoms with Crippen molar-refractivity contribution >= 4 is 17.9 Å². The molecule has 0 heterocycles. The fourth-order valence-corrected chi connectivity index (χ4v) is 2.62. The van der Waals surface area contributed by atoms with E-state index in [9.17, 15) is 14.4 Å². The first-order valence-corrected chi connectivity index (χ1v) is 8.93. The van der Waals surface area contributed by atoms with E-state index in [1.807, 2.05) is 44.2 Å². The standard InChI is InChI=1S/C19H27N3O4/c1-12(2)16(18(24)21-15(17(20)23)10-13-8-9-13)22-19(25)26-11-14-6-4-3-5-7-14/h3-7,12-13,15-16H,8-11H2,1-2H3,(H2,20,23)(H,21,24)(H,22,25)/t15-,16+/m0/s1. The molecule has 0 aliphatic heterocycles. The van der Waals surface area contributed by atoms with E-state index in [1.54, 1.807) is 0 Å². The molecule has 0 saturated heterocycles. The van der Waals surface area contributed by atoms with Crippen LogP contribution in [0.4, 0.5) is 4.79 Å². The number of hydrogen-bond donors (Lipinski definition) is 3. The summed E-state index contributed by atoms with van der Waals surface area (Å²) in [5.74, 6) is -0.719. The molecule has 1 saturated carbocycles. The molecule has 2 atom stereocenters. The number of hydrogen-bond acceptors (Lipinski definition) is 4. The van der Waals surface area contributed by atoms with Gasteiger partial charge in [0.1, 0.15) is 18.7 Å². The van der Waals surface area contributed by atoms with Crippen LogP contribution in [0.15, 0.2) is 30.3 Å². The number of nitrogens with two attached hydrogens (primary N) is 1. The second-order valence-electron chi connectivity index (χ2n) is 7.07. The van der Waals surface area contributed by atoms with Crippen LogP contribution in [0.1, 0.15) is 38.7 Å². The van der Waals surface area contributed by atoms with Crippen molar-refractivity contribution in [1.82, 2.24) is 10.6 Å². The van der Waals surface area contributed by atoms with Crippen molar-refractivity contribution in [2.45, 2.75) is 51.8 Å². The molecular formula is C19H27N3O4. The monoisotopic (exact) mass is 361 g/mol. The van der Waals surface area contributed by atoms with Crippen LogP contribution in [-0.4, -0.2) is 30.0 Å². The third-order valence-electron chi connectivity index (χ3n) is 4.36. The summed E-state index contributed by atoms with van der Waals surface area (Å²) in [6, 6.07) is 7.75. The number of carbonyl (C=O) groups excluding carboxylic acids is 3. The zero-order valence-electron chi connectivity index (χ0n) is 15.2. The summed E-state index contributed by atoms with van der Waals surface area (Å²) in [6.45, 7) is 3.73. The van der Waals surface area contributed by atoms with Crippen LogP contribution in [0.2, 0.25) is 0 Å². The second kappa shape index (κ2) is 9.22. The largest absolute Gasteiger partial charge is 0.445 e. The maximum Gasteiger partial charge on any atom is 0.408 e. The minimum atomic E-state index is -0.806. The summed E-state index contributed by atoms with van der Waals surface area (Å²) < 4.78 is 5.16. The van der Waals surface area contributed by atoms with Crippen molar-refractivity contribution in [3.05, 3.63) is 35.9 Å². The molecule has 0 unspecified atom stereocenters. The Hall–Kier alpha value is -2.57. The fraction of sp³-hybridized carbons (Fsp3) is 0.526. The van der Waals surface area contributed by atoms with Gasteiger partial charge >= 0.3 is 6.09 Å². The normalized spacial score (nSPS) is 15.8. The van der Waals surface area contributed by atoms with E-state index >= 15 is 0 Å². The molecule has 1 aliphatic rings. The van der Waals surface area contributed by atoms with Crippen molar-refractivity contribution in [2.24, 2.45) is 17.6 Å². The van der Waals surface area contributed by atoms with E-state index in [4.69, 9.17) is 10.5 Å². The lowest BCUT2D eigenvalue weighted by Gasteiger charge is -2.24. The van der Waals surface area contributed by atoms with Crippen LogP contribution in [0.5, 0.6) is 0 Å². The van der Waals surface area contributed by atoms with Gasteiger partial charge in [-0.3, -0.25) is 9.59 Å². The van der Waals surface area contributed by atoms with Crippen LogP contribution in [0, 0.1) is 11.8 Å². The fourth-order valence-electron chi connectivity index (χ4n) is 2.62. The van der Waals surface area contributed by atoms with Gasteiger partial charge in [0.05, 0.1) is 0 Å². The van der Waals surface area contributed by atoms with Crippen LogP contribution >= 0.6 is 0 Å². The zero-order chi connectivity index (χ0) is 19.1. The minimum absolute atomic E-state index is 0.116. The molecule has 1 aromatic carbocycles. The number of nitrogens with one attached hydrogen (secondary N) is 2. The number of amides is 3. The average Bonchev–Trinajstić information content (AvgIpc) is 3.41. The Morgan fingerprint density at radius 3 is 2.35 bits per heavy atom. The van der Waals surface area contributed by atoms with Gasteiger partial charge in [-0.25, -0.2) is 4.79 Å². The quantitative estimate of drug-likeness (QED) is 0.622. The Labute approximate surface area is 153 Å². The molecule has 7 nitrogen and oxygen atoms in total. The van der Waals surface area contributed by atoms with Gasteiger partial charge in [0.2, 0.25) is 11.8 Å². The van der Waals surface area contributed by atoms with Crippen LogP contribution in [0.3, 0.4) is 0 Å². The van der Waals surface area contributed by atoms with Gasteiger partial charge < -0.3 is 21.1 Å². The van der Waals surface area contributed by atoms with Gasteiger partial charge in [0.25, 0.3) is 0 Å². The molecule has 1 aliphatic carbocycles. The minimum Gasteiger partial charge on any atom is -0.445 e. The van der Waals surface area contributed by atoms with E-state index in [2.05, 4.69) is 10.6 Å². The lowest BCUT2D eigenvalue weighted by atomic mass is 10.0. The van der Waals surface area contributed by atoms with Gasteiger partial charge in [-0.05, 0) is 23.8 Å². The molecule has 1 aromatic rings.